The highest BCUT2D eigenvalue weighted by Crippen LogP contribution is 2.18. The molecule has 1 N–H and O–H groups in total. The molecule has 0 aliphatic carbocycles. The molecule has 0 saturated carbocycles. The van der Waals surface area contributed by atoms with Gasteiger partial charge in [-0.2, -0.15) is 4.31 Å². The molecule has 6 heteroatoms. The van der Waals surface area contributed by atoms with E-state index in [0.29, 0.717) is 12.5 Å². The minimum absolute atomic E-state index is 0.104. The standard InChI is InChI=1S/C12H26N2O3S/c1-11(10-17-3)14(2)18(15,16)9-6-12-4-7-13-8-5-12/h11-13H,4-10H2,1-3H3. The molecule has 1 saturated heterocycles. The first-order valence-corrected chi connectivity index (χ1v) is 8.23. The van der Waals surface area contributed by atoms with Crippen molar-refractivity contribution in [2.45, 2.75) is 32.2 Å². The van der Waals surface area contributed by atoms with Gasteiger partial charge in [0, 0.05) is 20.2 Å². The number of hydrogen-bond acceptors (Lipinski definition) is 4. The number of ether oxygens (including phenoxy) is 1. The smallest absolute Gasteiger partial charge is 0.214 e. The largest absolute Gasteiger partial charge is 0.383 e. The minimum Gasteiger partial charge on any atom is -0.383 e. The first-order valence-electron chi connectivity index (χ1n) is 6.62. The molecule has 1 aliphatic rings. The van der Waals surface area contributed by atoms with E-state index in [1.54, 1.807) is 14.2 Å². The number of sulfonamides is 1. The summed E-state index contributed by atoms with van der Waals surface area (Å²) in [5.74, 6) is 0.800. The zero-order valence-corrected chi connectivity index (χ0v) is 12.5. The van der Waals surface area contributed by atoms with Crippen molar-refractivity contribution in [1.82, 2.24) is 9.62 Å². The molecule has 1 rings (SSSR count). The molecule has 1 aliphatic heterocycles. The molecular formula is C12H26N2O3S. The van der Waals surface area contributed by atoms with Gasteiger partial charge in [-0.3, -0.25) is 0 Å². The van der Waals surface area contributed by atoms with Crippen molar-refractivity contribution in [3.05, 3.63) is 0 Å². The average Bonchev–Trinajstić information content (AvgIpc) is 2.37. The zero-order chi connectivity index (χ0) is 13.6. The van der Waals surface area contributed by atoms with Crippen LogP contribution < -0.4 is 5.32 Å². The van der Waals surface area contributed by atoms with E-state index in [1.807, 2.05) is 6.92 Å². The fourth-order valence-electron chi connectivity index (χ4n) is 2.25. The molecular weight excluding hydrogens is 252 g/mol. The summed E-state index contributed by atoms with van der Waals surface area (Å²) in [5, 5.41) is 3.29. The van der Waals surface area contributed by atoms with Gasteiger partial charge in [0.25, 0.3) is 0 Å². The topological polar surface area (TPSA) is 58.6 Å². The van der Waals surface area contributed by atoms with Gasteiger partial charge in [0.15, 0.2) is 0 Å². The Bertz CT molecular complexity index is 326. The van der Waals surface area contributed by atoms with Crippen LogP contribution in [-0.2, 0) is 14.8 Å². The van der Waals surface area contributed by atoms with E-state index in [0.717, 1.165) is 32.4 Å². The van der Waals surface area contributed by atoms with E-state index in [4.69, 9.17) is 4.74 Å². The lowest BCUT2D eigenvalue weighted by Crippen LogP contribution is -2.39. The second-order valence-corrected chi connectivity index (χ2v) is 7.27. The fourth-order valence-corrected chi connectivity index (χ4v) is 3.78. The summed E-state index contributed by atoms with van der Waals surface area (Å²) in [7, 11) is 0.0814. The number of likely N-dealkylation sites (N-methyl/N-ethyl adjacent to an activating group) is 1. The molecule has 5 nitrogen and oxygen atoms in total. The highest BCUT2D eigenvalue weighted by Gasteiger charge is 2.24. The first kappa shape index (κ1) is 15.9. The van der Waals surface area contributed by atoms with E-state index in [9.17, 15) is 8.42 Å². The maximum absolute atomic E-state index is 12.1. The van der Waals surface area contributed by atoms with E-state index in [2.05, 4.69) is 5.32 Å². The van der Waals surface area contributed by atoms with Gasteiger partial charge < -0.3 is 10.1 Å². The Labute approximate surface area is 111 Å². The van der Waals surface area contributed by atoms with E-state index >= 15 is 0 Å². The van der Waals surface area contributed by atoms with Gasteiger partial charge in [0.1, 0.15) is 0 Å². The Morgan fingerprint density at radius 3 is 2.56 bits per heavy atom. The van der Waals surface area contributed by atoms with Crippen molar-refractivity contribution in [3.8, 4) is 0 Å². The van der Waals surface area contributed by atoms with Crippen LogP contribution >= 0.6 is 0 Å². The molecule has 108 valence electrons. The summed E-state index contributed by atoms with van der Waals surface area (Å²) in [5.41, 5.74) is 0. The van der Waals surface area contributed by atoms with Crippen molar-refractivity contribution in [1.29, 1.82) is 0 Å². The summed E-state index contributed by atoms with van der Waals surface area (Å²) in [6.45, 7) is 4.33. The molecule has 1 atom stereocenters. The lowest BCUT2D eigenvalue weighted by atomic mass is 9.96. The van der Waals surface area contributed by atoms with Gasteiger partial charge in [-0.15, -0.1) is 0 Å². The SMILES string of the molecule is COCC(C)N(C)S(=O)(=O)CCC1CCNCC1. The Hall–Kier alpha value is -0.170. The Morgan fingerprint density at radius 1 is 1.39 bits per heavy atom. The predicted octanol–water partition coefficient (Wildman–Crippen LogP) is 0.673. The Morgan fingerprint density at radius 2 is 2.00 bits per heavy atom. The highest BCUT2D eigenvalue weighted by atomic mass is 32.2. The third kappa shape index (κ3) is 4.84. The van der Waals surface area contributed by atoms with Gasteiger partial charge in [-0.25, -0.2) is 8.42 Å². The fraction of sp³-hybridized carbons (Fsp3) is 1.00. The monoisotopic (exact) mass is 278 g/mol. The number of piperidine rings is 1. The van der Waals surface area contributed by atoms with Crippen molar-refractivity contribution in [2.24, 2.45) is 5.92 Å². The van der Waals surface area contributed by atoms with E-state index in [1.165, 1.54) is 4.31 Å². The van der Waals surface area contributed by atoms with E-state index < -0.39 is 10.0 Å². The van der Waals surface area contributed by atoms with Gasteiger partial charge in [-0.1, -0.05) is 0 Å². The maximum Gasteiger partial charge on any atom is 0.214 e. The summed E-state index contributed by atoms with van der Waals surface area (Å²) < 4.78 is 30.7. The molecule has 1 fully saturated rings. The van der Waals surface area contributed by atoms with Crippen LogP contribution in [0.5, 0.6) is 0 Å². The van der Waals surface area contributed by atoms with Crippen LogP contribution in [0.3, 0.4) is 0 Å². The quantitative estimate of drug-likeness (QED) is 0.744. The Balaban J connectivity index is 2.42. The highest BCUT2D eigenvalue weighted by molar-refractivity contribution is 7.89. The average molecular weight is 278 g/mol. The number of methoxy groups -OCH3 is 1. The molecule has 0 aromatic carbocycles. The van der Waals surface area contributed by atoms with Crippen LogP contribution in [0, 0.1) is 5.92 Å². The van der Waals surface area contributed by atoms with Crippen LogP contribution in [0.1, 0.15) is 26.2 Å². The van der Waals surface area contributed by atoms with Gasteiger partial charge >= 0.3 is 0 Å². The zero-order valence-electron chi connectivity index (χ0n) is 11.7. The first-order chi connectivity index (χ1) is 8.47. The molecule has 0 spiro atoms. The van der Waals surface area contributed by atoms with Crippen LogP contribution in [0.2, 0.25) is 0 Å². The van der Waals surface area contributed by atoms with Crippen molar-refractivity contribution in [3.63, 3.8) is 0 Å². The number of nitrogens with zero attached hydrogens (tertiary/aromatic N) is 1. The van der Waals surface area contributed by atoms with Crippen molar-refractivity contribution >= 4 is 10.0 Å². The Kier molecular flexibility index (Phi) is 6.55. The van der Waals surface area contributed by atoms with Gasteiger partial charge in [-0.05, 0) is 45.2 Å². The molecule has 1 unspecified atom stereocenters. The third-order valence-corrected chi connectivity index (χ3v) is 5.70. The molecule has 1 heterocycles. The second-order valence-electron chi connectivity index (χ2n) is 5.12. The molecule has 0 aromatic rings. The normalized spacial score (nSPS) is 20.2. The molecule has 0 amide bonds. The number of rotatable bonds is 7. The van der Waals surface area contributed by atoms with Crippen LogP contribution in [-0.4, -0.2) is 58.4 Å². The predicted molar refractivity (Wildman–Crippen MR) is 73.1 cm³/mol. The van der Waals surface area contributed by atoms with Crippen LogP contribution in [0.4, 0.5) is 0 Å². The van der Waals surface area contributed by atoms with Gasteiger partial charge in [0.2, 0.25) is 10.0 Å². The molecule has 0 bridgehead atoms. The van der Waals surface area contributed by atoms with Gasteiger partial charge in [0.05, 0.1) is 12.4 Å². The summed E-state index contributed by atoms with van der Waals surface area (Å²) in [6, 6.07) is -0.104. The maximum atomic E-state index is 12.1. The third-order valence-electron chi connectivity index (χ3n) is 3.71. The molecule has 0 aromatic heterocycles. The number of hydrogen-bond donors (Lipinski definition) is 1. The van der Waals surface area contributed by atoms with E-state index in [-0.39, 0.29) is 11.8 Å². The van der Waals surface area contributed by atoms with Crippen molar-refractivity contribution < 1.29 is 13.2 Å². The minimum atomic E-state index is -3.15. The summed E-state index contributed by atoms with van der Waals surface area (Å²) >= 11 is 0. The lowest BCUT2D eigenvalue weighted by Gasteiger charge is -2.26. The lowest BCUT2D eigenvalue weighted by molar-refractivity contribution is 0.149. The van der Waals surface area contributed by atoms with Crippen molar-refractivity contribution in [2.75, 3.05) is 39.6 Å². The summed E-state index contributed by atoms with van der Waals surface area (Å²) in [6.07, 6.45) is 2.95. The molecule has 18 heavy (non-hydrogen) atoms. The van der Waals surface area contributed by atoms with Crippen LogP contribution in [0.15, 0.2) is 0 Å². The van der Waals surface area contributed by atoms with Crippen LogP contribution in [0.25, 0.3) is 0 Å². The molecule has 0 radical (unpaired) electrons. The summed E-state index contributed by atoms with van der Waals surface area (Å²) in [4.78, 5) is 0. The second kappa shape index (κ2) is 7.43. The number of nitrogens with one attached hydrogen (secondary N) is 1.